The molecule has 0 saturated heterocycles. The number of halogens is 4. The van der Waals surface area contributed by atoms with Crippen LogP contribution >= 0.6 is 11.6 Å². The van der Waals surface area contributed by atoms with Gasteiger partial charge in [-0.25, -0.2) is 13.2 Å². The Morgan fingerprint density at radius 3 is 2.29 bits per heavy atom. The Morgan fingerprint density at radius 2 is 1.90 bits per heavy atom. The second-order valence-electron chi connectivity index (χ2n) is 3.94. The van der Waals surface area contributed by atoms with E-state index in [2.05, 4.69) is 0 Å². The van der Waals surface area contributed by atoms with Gasteiger partial charge in [0, 0.05) is 6.26 Å². The monoisotopic (exact) mass is 364 g/mol. The molecular weight excluding hydrogens is 357 g/mol. The lowest BCUT2D eigenvalue weighted by Gasteiger charge is -2.13. The van der Waals surface area contributed by atoms with Crippen molar-refractivity contribution in [1.29, 1.82) is 0 Å². The van der Waals surface area contributed by atoms with Gasteiger partial charge in [0.25, 0.3) is 0 Å². The van der Waals surface area contributed by atoms with Crippen molar-refractivity contribution in [1.82, 2.24) is 0 Å². The molecule has 1 rings (SSSR count). The van der Waals surface area contributed by atoms with Gasteiger partial charge in [0.2, 0.25) is 0 Å². The molecule has 0 heterocycles. The summed E-state index contributed by atoms with van der Waals surface area (Å²) in [6.45, 7) is 0. The molecule has 1 N–H and O–H groups in total. The average molecular weight is 365 g/mol. The molecular formula is C10H8ClF3O5S2. The molecule has 0 aliphatic heterocycles. The van der Waals surface area contributed by atoms with Crippen molar-refractivity contribution >= 4 is 38.2 Å². The maximum Gasteiger partial charge on any atom is 0.400 e. The van der Waals surface area contributed by atoms with Crippen LogP contribution in [0.5, 0.6) is 0 Å². The number of rotatable bonds is 4. The third-order valence-electron chi connectivity index (χ3n) is 2.21. The highest BCUT2D eigenvalue weighted by molar-refractivity contribution is 7.92. The van der Waals surface area contributed by atoms with E-state index in [1.54, 1.807) is 0 Å². The zero-order valence-electron chi connectivity index (χ0n) is 10.3. The molecule has 1 unspecified atom stereocenters. The van der Waals surface area contributed by atoms with E-state index in [1.165, 1.54) is 0 Å². The van der Waals surface area contributed by atoms with Gasteiger partial charge < -0.3 is 5.11 Å². The number of carbonyl (C=O) groups is 1. The summed E-state index contributed by atoms with van der Waals surface area (Å²) in [7, 11) is -6.89. The number of alkyl halides is 3. The van der Waals surface area contributed by atoms with Crippen LogP contribution in [0.1, 0.15) is 10.4 Å². The summed E-state index contributed by atoms with van der Waals surface area (Å²) in [4.78, 5) is 9.34. The van der Waals surface area contributed by atoms with Gasteiger partial charge >= 0.3 is 12.1 Å². The zero-order valence-corrected chi connectivity index (χ0v) is 12.7. The minimum atomic E-state index is -4.83. The Balaban J connectivity index is 3.62. The van der Waals surface area contributed by atoms with E-state index in [1.807, 2.05) is 0 Å². The zero-order chi connectivity index (χ0) is 16.6. The maximum absolute atomic E-state index is 12.3. The van der Waals surface area contributed by atoms with Gasteiger partial charge in [-0.05, 0) is 12.1 Å². The fourth-order valence-electron chi connectivity index (χ4n) is 1.43. The molecule has 1 aromatic carbocycles. The molecule has 11 heteroatoms. The molecule has 0 fully saturated rings. The van der Waals surface area contributed by atoms with Gasteiger partial charge in [0.15, 0.2) is 9.84 Å². The molecule has 0 radical (unpaired) electrons. The predicted octanol–water partition coefficient (Wildman–Crippen LogP) is 2.11. The highest BCUT2D eigenvalue weighted by Crippen LogP contribution is 2.33. The average Bonchev–Trinajstić information content (AvgIpc) is 2.23. The Morgan fingerprint density at radius 1 is 1.38 bits per heavy atom. The smallest absolute Gasteiger partial charge is 0.400 e. The van der Waals surface area contributed by atoms with Crippen molar-refractivity contribution in [2.75, 3.05) is 12.0 Å². The largest absolute Gasteiger partial charge is 0.478 e. The van der Waals surface area contributed by atoms with E-state index < -0.39 is 58.9 Å². The maximum atomic E-state index is 12.3. The SMILES string of the molecule is CS(=O)(=O)c1ccc(C(=O)O)c(Cl)c1S(=O)CC(F)(F)F. The van der Waals surface area contributed by atoms with Crippen molar-refractivity contribution in [3.05, 3.63) is 22.7 Å². The molecule has 1 aromatic rings. The van der Waals surface area contributed by atoms with Gasteiger partial charge in [0.05, 0.1) is 31.2 Å². The lowest BCUT2D eigenvalue weighted by molar-refractivity contribution is -0.105. The van der Waals surface area contributed by atoms with Crippen molar-refractivity contribution in [3.63, 3.8) is 0 Å². The predicted molar refractivity (Wildman–Crippen MR) is 68.9 cm³/mol. The second-order valence-corrected chi connectivity index (χ2v) is 7.69. The summed E-state index contributed by atoms with van der Waals surface area (Å²) in [5.41, 5.74) is -0.630. The van der Waals surface area contributed by atoms with Gasteiger partial charge in [0.1, 0.15) is 5.75 Å². The summed E-state index contributed by atoms with van der Waals surface area (Å²) in [6.07, 6.45) is -4.14. The summed E-state index contributed by atoms with van der Waals surface area (Å²) >= 11 is 5.63. The van der Waals surface area contributed by atoms with Crippen LogP contribution in [0.2, 0.25) is 5.02 Å². The highest BCUT2D eigenvalue weighted by atomic mass is 35.5. The van der Waals surface area contributed by atoms with Crippen molar-refractivity contribution in [2.45, 2.75) is 16.0 Å². The number of sulfone groups is 1. The van der Waals surface area contributed by atoms with Crippen LogP contribution in [0.3, 0.4) is 0 Å². The van der Waals surface area contributed by atoms with Gasteiger partial charge in [-0.15, -0.1) is 0 Å². The minimum absolute atomic E-state index is 0.630. The van der Waals surface area contributed by atoms with Crippen LogP contribution in [0.4, 0.5) is 13.2 Å². The molecule has 0 saturated carbocycles. The molecule has 1 atom stereocenters. The first-order valence-electron chi connectivity index (χ1n) is 5.05. The quantitative estimate of drug-likeness (QED) is 0.884. The molecule has 0 bridgehead atoms. The van der Waals surface area contributed by atoms with Crippen molar-refractivity contribution in [2.24, 2.45) is 0 Å². The molecule has 0 amide bonds. The summed E-state index contributed by atoms with van der Waals surface area (Å²) in [5, 5.41) is 8.06. The number of hydrogen-bond acceptors (Lipinski definition) is 4. The fourth-order valence-corrected chi connectivity index (χ4v) is 4.52. The van der Waals surface area contributed by atoms with Gasteiger partial charge in [-0.1, -0.05) is 11.6 Å². The van der Waals surface area contributed by atoms with E-state index >= 15 is 0 Å². The van der Waals surface area contributed by atoms with E-state index in [9.17, 15) is 30.6 Å². The number of hydrogen-bond donors (Lipinski definition) is 1. The number of aromatic carboxylic acids is 1. The summed E-state index contributed by atoms with van der Waals surface area (Å²) < 4.78 is 71.8. The Labute approximate surface area is 125 Å². The van der Waals surface area contributed by atoms with Crippen molar-refractivity contribution in [3.8, 4) is 0 Å². The first kappa shape index (κ1) is 17.9. The second kappa shape index (κ2) is 5.93. The van der Waals surface area contributed by atoms with Crippen LogP contribution in [-0.2, 0) is 20.6 Å². The molecule has 0 aliphatic carbocycles. The normalized spacial score (nSPS) is 14.0. The fraction of sp³-hybridized carbons (Fsp3) is 0.300. The van der Waals surface area contributed by atoms with E-state index in [0.29, 0.717) is 6.26 Å². The molecule has 5 nitrogen and oxygen atoms in total. The standard InChI is InChI=1S/C10H8ClF3O5S2/c1-21(18,19)6-3-2-5(9(15)16)7(11)8(6)20(17)4-10(12,13)14/h2-3H,4H2,1H3,(H,15,16). The molecule has 0 aliphatic rings. The van der Waals surface area contributed by atoms with Gasteiger partial charge in [-0.3, -0.25) is 4.21 Å². The first-order valence-corrected chi connectivity index (χ1v) is 8.64. The summed E-state index contributed by atoms with van der Waals surface area (Å²) in [6, 6.07) is 1.60. The Kier molecular flexibility index (Phi) is 5.06. The molecule has 0 spiro atoms. The lowest BCUT2D eigenvalue weighted by atomic mass is 10.2. The third kappa shape index (κ3) is 4.42. The van der Waals surface area contributed by atoms with Crippen LogP contribution in [0, 0.1) is 0 Å². The lowest BCUT2D eigenvalue weighted by Crippen LogP contribution is -2.20. The van der Waals surface area contributed by atoms with Gasteiger partial charge in [-0.2, -0.15) is 13.2 Å². The summed E-state index contributed by atoms with van der Waals surface area (Å²) in [5.74, 6) is -3.41. The van der Waals surface area contributed by atoms with E-state index in [0.717, 1.165) is 12.1 Å². The van der Waals surface area contributed by atoms with Crippen LogP contribution < -0.4 is 0 Å². The van der Waals surface area contributed by atoms with Crippen LogP contribution in [0.25, 0.3) is 0 Å². The van der Waals surface area contributed by atoms with Crippen LogP contribution in [0.15, 0.2) is 21.9 Å². The van der Waals surface area contributed by atoms with E-state index in [-0.39, 0.29) is 0 Å². The number of carboxylic acids is 1. The number of carboxylic acid groups (broad SMARTS) is 1. The minimum Gasteiger partial charge on any atom is -0.478 e. The number of benzene rings is 1. The third-order valence-corrected chi connectivity index (χ3v) is 5.46. The topological polar surface area (TPSA) is 88.5 Å². The Bertz CT molecular complexity index is 712. The van der Waals surface area contributed by atoms with Crippen LogP contribution in [-0.4, -0.2) is 41.9 Å². The highest BCUT2D eigenvalue weighted by Gasteiger charge is 2.34. The molecule has 0 aromatic heterocycles. The first-order chi connectivity index (χ1) is 9.34. The van der Waals surface area contributed by atoms with E-state index in [4.69, 9.17) is 16.7 Å². The molecule has 21 heavy (non-hydrogen) atoms. The molecule has 118 valence electrons. The van der Waals surface area contributed by atoms with Crippen molar-refractivity contribution < 1.29 is 35.7 Å². The Hall–Kier alpha value is -1.13.